The van der Waals surface area contributed by atoms with Crippen LogP contribution in [-0.2, 0) is 6.42 Å². The Morgan fingerprint density at radius 3 is 2.70 bits per heavy atom. The number of piperidine rings is 3. The Balaban J connectivity index is 1.86. The number of Topliss-reactive ketones (excluding diaryl/α,β-unsaturated/α-hetero) is 1. The Bertz CT molecular complexity index is 567. The largest absolute Gasteiger partial charge is 0.303 e. The van der Waals surface area contributed by atoms with Crippen molar-refractivity contribution in [1.82, 2.24) is 4.90 Å². The average Bonchev–Trinajstić information content (AvgIpc) is 2.47. The van der Waals surface area contributed by atoms with Gasteiger partial charge in [-0.3, -0.25) is 4.79 Å². The molecular weight excluding hydrogens is 246 g/mol. The molecule has 5 rings (SSSR count). The molecule has 1 aliphatic carbocycles. The lowest BCUT2D eigenvalue weighted by Crippen LogP contribution is -2.60. The van der Waals surface area contributed by atoms with Crippen molar-refractivity contribution in [2.75, 3.05) is 19.6 Å². The minimum Gasteiger partial charge on any atom is -0.303 e. The highest BCUT2D eigenvalue weighted by Crippen LogP contribution is 2.51. The fraction of sp³-hybridized carbons (Fsp3) is 0.611. The van der Waals surface area contributed by atoms with Crippen LogP contribution < -0.4 is 0 Å². The summed E-state index contributed by atoms with van der Waals surface area (Å²) in [6, 6.07) is 6.38. The van der Waals surface area contributed by atoms with Gasteiger partial charge in [0.05, 0.1) is 0 Å². The van der Waals surface area contributed by atoms with Crippen LogP contribution in [0.2, 0.25) is 0 Å². The first-order chi connectivity index (χ1) is 9.62. The molecule has 4 aliphatic rings. The van der Waals surface area contributed by atoms with Crippen molar-refractivity contribution in [2.45, 2.75) is 39.0 Å². The molecular formula is C18H23NO. The normalized spacial score (nSPS) is 35.0. The molecule has 3 heterocycles. The molecule has 1 unspecified atom stereocenters. The van der Waals surface area contributed by atoms with Crippen molar-refractivity contribution < 1.29 is 4.79 Å². The van der Waals surface area contributed by atoms with Crippen molar-refractivity contribution in [3.63, 3.8) is 0 Å². The molecule has 20 heavy (non-hydrogen) atoms. The van der Waals surface area contributed by atoms with Gasteiger partial charge in [0.25, 0.3) is 0 Å². The van der Waals surface area contributed by atoms with Crippen LogP contribution in [0.4, 0.5) is 0 Å². The lowest BCUT2D eigenvalue weighted by molar-refractivity contribution is -0.0219. The van der Waals surface area contributed by atoms with Gasteiger partial charge in [-0.05, 0) is 55.3 Å². The Kier molecular flexibility index (Phi) is 2.62. The van der Waals surface area contributed by atoms with Crippen molar-refractivity contribution in [3.8, 4) is 0 Å². The number of hydrogen-bond donors (Lipinski definition) is 0. The van der Waals surface area contributed by atoms with E-state index < -0.39 is 0 Å². The number of carbonyl (C=O) groups is 1. The van der Waals surface area contributed by atoms with Crippen LogP contribution in [0.3, 0.4) is 0 Å². The summed E-state index contributed by atoms with van der Waals surface area (Å²) in [5.41, 5.74) is 3.78. The van der Waals surface area contributed by atoms with Gasteiger partial charge in [-0.1, -0.05) is 32.0 Å². The number of hydrogen-bond acceptors (Lipinski definition) is 2. The number of rotatable bonds is 1. The summed E-state index contributed by atoms with van der Waals surface area (Å²) in [4.78, 5) is 15.7. The number of ketones is 1. The van der Waals surface area contributed by atoms with Gasteiger partial charge < -0.3 is 4.90 Å². The summed E-state index contributed by atoms with van der Waals surface area (Å²) >= 11 is 0. The van der Waals surface area contributed by atoms with Gasteiger partial charge in [-0.25, -0.2) is 0 Å². The molecule has 0 aromatic heterocycles. The standard InChI is InChI=1S/C18H23NO/c1-12(2)14-4-3-5-15-16(14)10-13-11-19-8-6-18(13,7-9-19)17(15)20/h3-5,12-13H,6-11H2,1-2H3. The summed E-state index contributed by atoms with van der Waals surface area (Å²) in [7, 11) is 0. The lowest BCUT2D eigenvalue weighted by atomic mass is 9.56. The molecule has 1 aromatic carbocycles. The lowest BCUT2D eigenvalue weighted by Gasteiger charge is -2.55. The predicted octanol–water partition coefficient (Wildman–Crippen LogP) is 3.26. The molecule has 0 N–H and O–H groups in total. The van der Waals surface area contributed by atoms with Crippen LogP contribution >= 0.6 is 0 Å². The maximum absolute atomic E-state index is 13.2. The first kappa shape index (κ1) is 12.6. The van der Waals surface area contributed by atoms with E-state index in [1.165, 1.54) is 11.1 Å². The average molecular weight is 269 g/mol. The Morgan fingerprint density at radius 2 is 2.00 bits per heavy atom. The molecule has 0 amide bonds. The number of nitrogens with zero attached hydrogens (tertiary/aromatic N) is 1. The molecule has 0 saturated carbocycles. The summed E-state index contributed by atoms with van der Waals surface area (Å²) < 4.78 is 0. The first-order valence-electron chi connectivity index (χ1n) is 8.01. The van der Waals surface area contributed by atoms with E-state index in [9.17, 15) is 4.79 Å². The van der Waals surface area contributed by atoms with E-state index in [1.807, 2.05) is 0 Å². The molecule has 1 atom stereocenters. The molecule has 1 spiro atoms. The van der Waals surface area contributed by atoms with Gasteiger partial charge in [0.2, 0.25) is 0 Å². The summed E-state index contributed by atoms with van der Waals surface area (Å²) in [6.45, 7) is 7.86. The fourth-order valence-corrected chi connectivity index (χ4v) is 4.80. The van der Waals surface area contributed by atoms with E-state index in [2.05, 4.69) is 36.9 Å². The van der Waals surface area contributed by atoms with Crippen molar-refractivity contribution in [1.29, 1.82) is 0 Å². The van der Waals surface area contributed by atoms with Crippen LogP contribution in [-0.4, -0.2) is 30.3 Å². The zero-order valence-corrected chi connectivity index (χ0v) is 12.5. The molecule has 2 heteroatoms. The molecule has 3 fully saturated rings. The molecule has 106 valence electrons. The third-order valence-electron chi connectivity index (χ3n) is 5.99. The maximum atomic E-state index is 13.2. The second-order valence-electron chi connectivity index (χ2n) is 7.21. The SMILES string of the molecule is CC(C)c1cccc2c1CC1CN3CCC1(CC3)C2=O. The summed E-state index contributed by atoms with van der Waals surface area (Å²) in [6.07, 6.45) is 3.29. The zero-order valence-electron chi connectivity index (χ0n) is 12.5. The minimum absolute atomic E-state index is 0.0165. The Morgan fingerprint density at radius 1 is 1.25 bits per heavy atom. The first-order valence-corrected chi connectivity index (χ1v) is 8.01. The van der Waals surface area contributed by atoms with Crippen LogP contribution in [0.5, 0.6) is 0 Å². The van der Waals surface area contributed by atoms with Gasteiger partial charge >= 0.3 is 0 Å². The quantitative estimate of drug-likeness (QED) is 0.780. The maximum Gasteiger partial charge on any atom is 0.169 e. The van der Waals surface area contributed by atoms with Gasteiger partial charge in [-0.15, -0.1) is 0 Å². The van der Waals surface area contributed by atoms with Crippen molar-refractivity contribution in [2.24, 2.45) is 11.3 Å². The van der Waals surface area contributed by atoms with E-state index in [0.717, 1.165) is 44.5 Å². The molecule has 3 aliphatic heterocycles. The fourth-order valence-electron chi connectivity index (χ4n) is 4.80. The van der Waals surface area contributed by atoms with Crippen LogP contribution in [0.25, 0.3) is 0 Å². The van der Waals surface area contributed by atoms with E-state index >= 15 is 0 Å². The van der Waals surface area contributed by atoms with Gasteiger partial charge in [0, 0.05) is 17.5 Å². The second kappa shape index (κ2) is 4.17. The highest BCUT2D eigenvalue weighted by molar-refractivity contribution is 6.03. The van der Waals surface area contributed by atoms with Crippen molar-refractivity contribution in [3.05, 3.63) is 34.9 Å². The molecule has 0 radical (unpaired) electrons. The van der Waals surface area contributed by atoms with Gasteiger partial charge in [0.1, 0.15) is 0 Å². The Hall–Kier alpha value is -1.15. The highest BCUT2D eigenvalue weighted by Gasteiger charge is 2.54. The second-order valence-corrected chi connectivity index (χ2v) is 7.21. The minimum atomic E-state index is -0.0165. The van der Waals surface area contributed by atoms with E-state index in [-0.39, 0.29) is 5.41 Å². The molecule has 2 bridgehead atoms. The number of benzene rings is 1. The van der Waals surface area contributed by atoms with Crippen LogP contribution in [0.1, 0.15) is 54.1 Å². The number of carbonyl (C=O) groups excluding carboxylic acids is 1. The monoisotopic (exact) mass is 269 g/mol. The highest BCUT2D eigenvalue weighted by atomic mass is 16.1. The number of fused-ring (bicyclic) bond motifs is 3. The molecule has 1 aromatic rings. The summed E-state index contributed by atoms with van der Waals surface area (Å²) in [5.74, 6) is 1.53. The Labute approximate surface area is 121 Å². The molecule has 3 saturated heterocycles. The topological polar surface area (TPSA) is 20.3 Å². The van der Waals surface area contributed by atoms with Gasteiger partial charge in [-0.2, -0.15) is 0 Å². The smallest absolute Gasteiger partial charge is 0.169 e. The van der Waals surface area contributed by atoms with Crippen LogP contribution in [0.15, 0.2) is 18.2 Å². The van der Waals surface area contributed by atoms with E-state index in [0.29, 0.717) is 17.6 Å². The van der Waals surface area contributed by atoms with Gasteiger partial charge in [0.15, 0.2) is 5.78 Å². The van der Waals surface area contributed by atoms with E-state index in [1.54, 1.807) is 0 Å². The summed E-state index contributed by atoms with van der Waals surface area (Å²) in [5, 5.41) is 0. The van der Waals surface area contributed by atoms with Crippen LogP contribution in [0, 0.1) is 11.3 Å². The van der Waals surface area contributed by atoms with E-state index in [4.69, 9.17) is 0 Å². The van der Waals surface area contributed by atoms with Crippen molar-refractivity contribution >= 4 is 5.78 Å². The third-order valence-corrected chi connectivity index (χ3v) is 5.99. The predicted molar refractivity (Wildman–Crippen MR) is 80.2 cm³/mol. The molecule has 2 nitrogen and oxygen atoms in total. The zero-order chi connectivity index (χ0) is 13.9. The third kappa shape index (κ3) is 1.52.